The Kier molecular flexibility index (Phi) is 6.81. The first kappa shape index (κ1) is 20.0. The first-order valence-electron chi connectivity index (χ1n) is 7.54. The number of amides is 1. The molecule has 10 heteroatoms. The van der Waals surface area contributed by atoms with Gasteiger partial charge < -0.3 is 15.0 Å². The molecule has 0 spiro atoms. The summed E-state index contributed by atoms with van der Waals surface area (Å²) in [4.78, 5) is 30.1. The van der Waals surface area contributed by atoms with Crippen LogP contribution in [0.25, 0.3) is 0 Å². The number of thioether (sulfide) groups is 1. The summed E-state index contributed by atoms with van der Waals surface area (Å²) in [7, 11) is 0. The molecule has 0 aliphatic rings. The summed E-state index contributed by atoms with van der Waals surface area (Å²) < 4.78 is 44.9. The van der Waals surface area contributed by atoms with Gasteiger partial charge in [-0.1, -0.05) is 11.8 Å². The lowest BCUT2D eigenvalue weighted by atomic mass is 10.3. The molecule has 0 aliphatic heterocycles. The summed E-state index contributed by atoms with van der Waals surface area (Å²) in [6, 6.07) is 2.90. The number of aromatic nitrogens is 2. The third-order valence-corrected chi connectivity index (χ3v) is 3.86. The summed E-state index contributed by atoms with van der Waals surface area (Å²) in [6.07, 6.45) is -0.0380. The predicted octanol–water partition coefficient (Wildman–Crippen LogP) is 2.84. The quantitative estimate of drug-likeness (QED) is 0.434. The molecule has 0 saturated carbocycles. The van der Waals surface area contributed by atoms with Crippen molar-refractivity contribution in [2.45, 2.75) is 31.7 Å². The Bertz CT molecular complexity index is 858. The van der Waals surface area contributed by atoms with Crippen molar-refractivity contribution in [1.29, 1.82) is 0 Å². The molecule has 0 fully saturated rings. The van der Waals surface area contributed by atoms with Crippen LogP contribution in [0.1, 0.15) is 19.5 Å². The number of halogens is 3. The molecule has 2 N–H and O–H groups in total. The zero-order valence-electron chi connectivity index (χ0n) is 13.9. The van der Waals surface area contributed by atoms with Crippen molar-refractivity contribution >= 4 is 23.4 Å². The molecule has 6 nitrogen and oxygen atoms in total. The van der Waals surface area contributed by atoms with Crippen molar-refractivity contribution < 1.29 is 22.7 Å². The number of carbonyl (C=O) groups is 1. The number of H-pyrrole nitrogens is 1. The number of rotatable bonds is 7. The molecule has 0 atom stereocenters. The Morgan fingerprint density at radius 3 is 2.73 bits per heavy atom. The van der Waals surface area contributed by atoms with Gasteiger partial charge in [-0.25, -0.2) is 18.2 Å². The molecular formula is C16H16F3N3O3S. The Labute approximate surface area is 151 Å². The van der Waals surface area contributed by atoms with Crippen LogP contribution in [-0.2, 0) is 16.1 Å². The molecule has 0 aliphatic carbocycles. The molecule has 2 aromatic rings. The second-order valence-corrected chi connectivity index (χ2v) is 6.43. The fraction of sp³-hybridized carbons (Fsp3) is 0.312. The Hall–Kier alpha value is -2.33. The normalized spacial score (nSPS) is 11.0. The van der Waals surface area contributed by atoms with E-state index in [4.69, 9.17) is 4.74 Å². The van der Waals surface area contributed by atoms with Gasteiger partial charge in [-0.3, -0.25) is 9.59 Å². The zero-order valence-corrected chi connectivity index (χ0v) is 14.8. The Morgan fingerprint density at radius 2 is 2.04 bits per heavy atom. The van der Waals surface area contributed by atoms with Gasteiger partial charge in [0, 0.05) is 6.07 Å². The third-order valence-electron chi connectivity index (χ3n) is 2.99. The van der Waals surface area contributed by atoms with Crippen LogP contribution in [0.5, 0.6) is 0 Å². The number of ether oxygens (including phenoxy) is 1. The van der Waals surface area contributed by atoms with Gasteiger partial charge in [-0.2, -0.15) is 0 Å². The number of hydrogen-bond donors (Lipinski definition) is 2. The molecular weight excluding hydrogens is 371 g/mol. The number of carbonyl (C=O) groups excluding carboxylic acids is 1. The minimum atomic E-state index is -1.67. The first-order chi connectivity index (χ1) is 12.3. The van der Waals surface area contributed by atoms with Gasteiger partial charge >= 0.3 is 0 Å². The zero-order chi connectivity index (χ0) is 19.3. The number of benzene rings is 1. The highest BCUT2D eigenvalue weighted by Gasteiger charge is 2.15. The lowest BCUT2D eigenvalue weighted by molar-refractivity contribution is -0.113. The number of hydrogen-bond acceptors (Lipinski definition) is 5. The van der Waals surface area contributed by atoms with Gasteiger partial charge in [0.05, 0.1) is 29.8 Å². The van der Waals surface area contributed by atoms with Crippen molar-refractivity contribution in [2.24, 2.45) is 0 Å². The van der Waals surface area contributed by atoms with E-state index in [9.17, 15) is 22.8 Å². The van der Waals surface area contributed by atoms with E-state index in [1.807, 2.05) is 13.8 Å². The first-order valence-corrected chi connectivity index (χ1v) is 8.53. The van der Waals surface area contributed by atoms with E-state index in [-0.39, 0.29) is 23.6 Å². The average Bonchev–Trinajstić information content (AvgIpc) is 2.58. The van der Waals surface area contributed by atoms with Crippen molar-refractivity contribution in [2.75, 3.05) is 11.1 Å². The van der Waals surface area contributed by atoms with Crippen LogP contribution >= 0.6 is 11.8 Å². The Morgan fingerprint density at radius 1 is 1.31 bits per heavy atom. The highest BCUT2D eigenvalue weighted by atomic mass is 32.2. The largest absolute Gasteiger partial charge is 0.373 e. The van der Waals surface area contributed by atoms with Crippen molar-refractivity contribution in [3.05, 3.63) is 51.7 Å². The van der Waals surface area contributed by atoms with E-state index >= 15 is 0 Å². The second kappa shape index (κ2) is 8.86. The maximum absolute atomic E-state index is 13.5. The number of nitrogens with one attached hydrogen (secondary N) is 2. The smallest absolute Gasteiger partial charge is 0.251 e. The van der Waals surface area contributed by atoms with E-state index in [2.05, 4.69) is 15.3 Å². The fourth-order valence-corrected chi connectivity index (χ4v) is 2.51. The summed E-state index contributed by atoms with van der Waals surface area (Å²) in [6.45, 7) is 3.82. The maximum atomic E-state index is 13.5. The number of nitrogens with zero attached hydrogens (tertiary/aromatic N) is 1. The lowest BCUT2D eigenvalue weighted by Crippen LogP contribution is -2.17. The highest BCUT2D eigenvalue weighted by Crippen LogP contribution is 2.20. The van der Waals surface area contributed by atoms with Crippen LogP contribution in [-0.4, -0.2) is 27.7 Å². The molecule has 26 heavy (non-hydrogen) atoms. The predicted molar refractivity (Wildman–Crippen MR) is 90.5 cm³/mol. The van der Waals surface area contributed by atoms with Gasteiger partial charge in [0.25, 0.3) is 5.56 Å². The minimum absolute atomic E-state index is 0.0380. The molecule has 1 heterocycles. The van der Waals surface area contributed by atoms with Gasteiger partial charge in [-0.05, 0) is 26.0 Å². The molecule has 0 unspecified atom stereocenters. The molecule has 0 saturated heterocycles. The van der Waals surface area contributed by atoms with E-state index in [1.165, 1.54) is 6.07 Å². The summed E-state index contributed by atoms with van der Waals surface area (Å²) in [5, 5.41) is 2.31. The van der Waals surface area contributed by atoms with Crippen LogP contribution in [0.15, 0.2) is 28.2 Å². The van der Waals surface area contributed by atoms with Crippen molar-refractivity contribution in [1.82, 2.24) is 9.97 Å². The number of anilines is 1. The van der Waals surface area contributed by atoms with E-state index in [0.717, 1.165) is 17.8 Å². The topological polar surface area (TPSA) is 84.1 Å². The molecule has 2 rings (SSSR count). The van der Waals surface area contributed by atoms with E-state index in [0.29, 0.717) is 11.8 Å². The average molecular weight is 387 g/mol. The summed E-state index contributed by atoms with van der Waals surface area (Å²) in [5.74, 6) is -5.40. The van der Waals surface area contributed by atoms with Gasteiger partial charge in [-0.15, -0.1) is 0 Å². The second-order valence-electron chi connectivity index (χ2n) is 5.46. The van der Waals surface area contributed by atoms with Gasteiger partial charge in [0.2, 0.25) is 5.91 Å². The number of aromatic amines is 1. The summed E-state index contributed by atoms with van der Waals surface area (Å²) >= 11 is 0.899. The third kappa shape index (κ3) is 5.60. The van der Waals surface area contributed by atoms with Crippen LogP contribution in [0.2, 0.25) is 0 Å². The van der Waals surface area contributed by atoms with Crippen LogP contribution < -0.4 is 10.9 Å². The SMILES string of the molecule is CC(C)OCc1cc(=O)[nH]c(SCC(=O)Nc2ccc(F)c(F)c2F)n1. The fourth-order valence-electron chi connectivity index (χ4n) is 1.82. The molecule has 1 aromatic heterocycles. The van der Waals surface area contributed by atoms with Crippen molar-refractivity contribution in [3.63, 3.8) is 0 Å². The van der Waals surface area contributed by atoms with Gasteiger partial charge in [0.15, 0.2) is 22.6 Å². The molecule has 0 bridgehead atoms. The molecule has 140 valence electrons. The maximum Gasteiger partial charge on any atom is 0.251 e. The van der Waals surface area contributed by atoms with E-state index in [1.54, 1.807) is 0 Å². The summed E-state index contributed by atoms with van der Waals surface area (Å²) in [5.41, 5.74) is -0.482. The van der Waals surface area contributed by atoms with Crippen molar-refractivity contribution in [3.8, 4) is 0 Å². The standard InChI is InChI=1S/C16H16F3N3O3S/c1-8(2)25-6-9-5-12(23)22-16(20-9)26-7-13(24)21-11-4-3-10(17)14(18)15(11)19/h3-5,8H,6-7H2,1-2H3,(H,21,24)(H,20,22,23). The molecule has 0 radical (unpaired) electrons. The van der Waals surface area contributed by atoms with E-state index < -0.39 is 34.6 Å². The Balaban J connectivity index is 1.99. The molecule has 1 amide bonds. The van der Waals surface area contributed by atoms with Gasteiger partial charge in [0.1, 0.15) is 0 Å². The monoisotopic (exact) mass is 387 g/mol. The minimum Gasteiger partial charge on any atom is -0.373 e. The lowest BCUT2D eigenvalue weighted by Gasteiger charge is -2.08. The van der Waals surface area contributed by atoms with Crippen LogP contribution in [0, 0.1) is 17.5 Å². The van der Waals surface area contributed by atoms with Crippen LogP contribution in [0.4, 0.5) is 18.9 Å². The van der Waals surface area contributed by atoms with Crippen LogP contribution in [0.3, 0.4) is 0 Å². The molecule has 1 aromatic carbocycles. The highest BCUT2D eigenvalue weighted by molar-refractivity contribution is 7.99.